The Morgan fingerprint density at radius 1 is 1.23 bits per heavy atom. The number of nitrogens with zero attached hydrogens (tertiary/aromatic N) is 2. The molecule has 0 amide bonds. The topological polar surface area (TPSA) is 44.1 Å². The van der Waals surface area contributed by atoms with Crippen molar-refractivity contribution in [3.05, 3.63) is 44.7 Å². The number of ether oxygens (including phenoxy) is 1. The molecule has 0 aliphatic rings. The van der Waals surface area contributed by atoms with Crippen LogP contribution in [0.3, 0.4) is 0 Å². The van der Waals surface area contributed by atoms with Gasteiger partial charge in [0, 0.05) is 11.2 Å². The van der Waals surface area contributed by atoms with Gasteiger partial charge in [-0.05, 0) is 12.1 Å². The van der Waals surface area contributed by atoms with Gasteiger partial charge in [-0.1, -0.05) is 34.8 Å². The van der Waals surface area contributed by atoms with Gasteiger partial charge in [-0.15, -0.1) is 0 Å². The summed E-state index contributed by atoms with van der Waals surface area (Å²) < 4.78 is 44.0. The maximum Gasteiger partial charge on any atom is 0.436 e. The van der Waals surface area contributed by atoms with E-state index >= 15 is 0 Å². The van der Waals surface area contributed by atoms with Gasteiger partial charge in [-0.2, -0.15) is 18.3 Å². The lowest BCUT2D eigenvalue weighted by Gasteiger charge is -2.07. The fourth-order valence-electron chi connectivity index (χ4n) is 1.71. The second-order valence-electron chi connectivity index (χ2n) is 4.04. The number of esters is 1. The molecule has 0 aliphatic heterocycles. The summed E-state index contributed by atoms with van der Waals surface area (Å²) in [5, 5.41) is 3.51. The summed E-state index contributed by atoms with van der Waals surface area (Å²) >= 11 is 17.6. The second-order valence-corrected chi connectivity index (χ2v) is 5.29. The molecule has 0 bridgehead atoms. The van der Waals surface area contributed by atoms with Crippen LogP contribution in [-0.4, -0.2) is 22.9 Å². The smallest absolute Gasteiger partial charge is 0.436 e. The number of hydrogen-bond acceptors (Lipinski definition) is 3. The first-order valence-corrected chi connectivity index (χ1v) is 6.68. The van der Waals surface area contributed by atoms with Gasteiger partial charge in [0.05, 0.1) is 17.2 Å². The molecule has 2 rings (SSSR count). The molecule has 0 spiro atoms. The van der Waals surface area contributed by atoms with E-state index in [0.717, 1.165) is 18.0 Å². The van der Waals surface area contributed by atoms with E-state index in [4.69, 9.17) is 34.8 Å². The van der Waals surface area contributed by atoms with E-state index in [1.807, 2.05) is 0 Å². The van der Waals surface area contributed by atoms with Crippen molar-refractivity contribution in [3.63, 3.8) is 0 Å². The van der Waals surface area contributed by atoms with Crippen molar-refractivity contribution < 1.29 is 22.7 Å². The molecule has 0 radical (unpaired) electrons. The van der Waals surface area contributed by atoms with Gasteiger partial charge in [-0.25, -0.2) is 9.48 Å². The number of hydrogen-bond donors (Lipinski definition) is 0. The van der Waals surface area contributed by atoms with Gasteiger partial charge in [0.25, 0.3) is 0 Å². The summed E-state index contributed by atoms with van der Waals surface area (Å²) in [6, 6.07) is 2.58. The quantitative estimate of drug-likeness (QED) is 0.721. The van der Waals surface area contributed by atoms with E-state index in [-0.39, 0.29) is 20.8 Å². The van der Waals surface area contributed by atoms with Crippen LogP contribution in [0.5, 0.6) is 0 Å². The molecule has 10 heteroatoms. The first kappa shape index (κ1) is 16.9. The van der Waals surface area contributed by atoms with Gasteiger partial charge < -0.3 is 4.74 Å². The van der Waals surface area contributed by atoms with E-state index in [1.165, 1.54) is 12.1 Å². The summed E-state index contributed by atoms with van der Waals surface area (Å²) in [7, 11) is 0.960. The minimum atomic E-state index is -4.85. The molecule has 1 aromatic heterocycles. The highest BCUT2D eigenvalue weighted by molar-refractivity contribution is 6.40. The number of methoxy groups -OCH3 is 1. The molecule has 1 heterocycles. The van der Waals surface area contributed by atoms with Gasteiger partial charge >= 0.3 is 12.1 Å². The molecule has 0 fully saturated rings. The normalized spacial score (nSPS) is 11.6. The first-order chi connectivity index (χ1) is 10.1. The lowest BCUT2D eigenvalue weighted by Crippen LogP contribution is -2.13. The van der Waals surface area contributed by atoms with E-state index in [1.54, 1.807) is 0 Å². The minimum Gasteiger partial charge on any atom is -0.465 e. The van der Waals surface area contributed by atoms with Gasteiger partial charge in [0.2, 0.25) is 0 Å². The predicted octanol–water partition coefficient (Wildman–Crippen LogP) is 4.64. The van der Waals surface area contributed by atoms with Crippen molar-refractivity contribution in [3.8, 4) is 5.69 Å². The molecule has 0 saturated heterocycles. The first-order valence-electron chi connectivity index (χ1n) is 5.55. The number of carbonyl (C=O) groups is 1. The highest BCUT2D eigenvalue weighted by Gasteiger charge is 2.40. The second kappa shape index (κ2) is 5.98. The number of alkyl halides is 3. The molecule has 4 nitrogen and oxygen atoms in total. The Hall–Kier alpha value is -1.44. The Balaban J connectivity index is 2.69. The van der Waals surface area contributed by atoms with E-state index < -0.39 is 23.4 Å². The molecule has 1 aromatic carbocycles. The zero-order chi connectivity index (χ0) is 16.7. The van der Waals surface area contributed by atoms with Gasteiger partial charge in [0.15, 0.2) is 5.69 Å². The SMILES string of the molecule is COC(=O)c1cn(-c2c(Cl)cc(Cl)cc2Cl)nc1C(F)(F)F. The van der Waals surface area contributed by atoms with Crippen molar-refractivity contribution in [1.82, 2.24) is 9.78 Å². The summed E-state index contributed by atoms with van der Waals surface area (Å²) in [6.07, 6.45) is -4.00. The lowest BCUT2D eigenvalue weighted by atomic mass is 10.2. The fourth-order valence-corrected chi connectivity index (χ4v) is 2.70. The summed E-state index contributed by atoms with van der Waals surface area (Å²) in [4.78, 5) is 11.5. The average Bonchev–Trinajstić information content (AvgIpc) is 2.81. The summed E-state index contributed by atoms with van der Waals surface area (Å²) in [5.41, 5.74) is -2.19. The number of benzene rings is 1. The van der Waals surface area contributed by atoms with Crippen LogP contribution in [0.4, 0.5) is 13.2 Å². The lowest BCUT2D eigenvalue weighted by molar-refractivity contribution is -0.141. The average molecular weight is 374 g/mol. The third-order valence-electron chi connectivity index (χ3n) is 2.60. The molecule has 2 aromatic rings. The Morgan fingerprint density at radius 3 is 2.23 bits per heavy atom. The molecule has 22 heavy (non-hydrogen) atoms. The van der Waals surface area contributed by atoms with Crippen LogP contribution in [0.2, 0.25) is 15.1 Å². The molecule has 0 unspecified atom stereocenters. The molecular formula is C12H6Cl3F3N2O2. The van der Waals surface area contributed by atoms with E-state index in [2.05, 4.69) is 9.84 Å². The summed E-state index contributed by atoms with van der Waals surface area (Å²) in [5.74, 6) is -1.18. The van der Waals surface area contributed by atoms with Crippen molar-refractivity contribution in [2.75, 3.05) is 7.11 Å². The van der Waals surface area contributed by atoms with Gasteiger partial charge in [0.1, 0.15) is 11.3 Å². The molecule has 0 atom stereocenters. The highest BCUT2D eigenvalue weighted by Crippen LogP contribution is 2.35. The Labute approximate surface area is 137 Å². The van der Waals surface area contributed by atoms with Crippen molar-refractivity contribution >= 4 is 40.8 Å². The summed E-state index contributed by atoms with van der Waals surface area (Å²) in [6.45, 7) is 0. The van der Waals surface area contributed by atoms with Crippen LogP contribution in [0.15, 0.2) is 18.3 Å². The molecule has 0 N–H and O–H groups in total. The Morgan fingerprint density at radius 2 is 1.77 bits per heavy atom. The fraction of sp³-hybridized carbons (Fsp3) is 0.167. The monoisotopic (exact) mass is 372 g/mol. The van der Waals surface area contributed by atoms with Crippen LogP contribution < -0.4 is 0 Å². The van der Waals surface area contributed by atoms with Crippen molar-refractivity contribution in [2.45, 2.75) is 6.18 Å². The van der Waals surface area contributed by atoms with Crippen molar-refractivity contribution in [2.24, 2.45) is 0 Å². The van der Waals surface area contributed by atoms with E-state index in [0.29, 0.717) is 0 Å². The minimum absolute atomic E-state index is 0.0230. The number of carbonyl (C=O) groups excluding carboxylic acids is 1. The Kier molecular flexibility index (Phi) is 4.60. The van der Waals surface area contributed by atoms with Crippen LogP contribution in [0.1, 0.15) is 16.1 Å². The van der Waals surface area contributed by atoms with Crippen LogP contribution in [0.25, 0.3) is 5.69 Å². The van der Waals surface area contributed by atoms with Gasteiger partial charge in [-0.3, -0.25) is 0 Å². The Bertz CT molecular complexity index is 721. The zero-order valence-corrected chi connectivity index (χ0v) is 13.0. The van der Waals surface area contributed by atoms with Crippen LogP contribution in [0, 0.1) is 0 Å². The maximum atomic E-state index is 13.0. The maximum absolute atomic E-state index is 13.0. The predicted molar refractivity (Wildman–Crippen MR) is 74.9 cm³/mol. The largest absolute Gasteiger partial charge is 0.465 e. The van der Waals surface area contributed by atoms with Crippen LogP contribution >= 0.6 is 34.8 Å². The standard InChI is InChI=1S/C12H6Cl3F3N2O2/c1-22-11(21)6-4-20(19-10(6)12(16,17)18)9-7(14)2-5(13)3-8(9)15/h2-4H,1H3. The van der Waals surface area contributed by atoms with E-state index in [9.17, 15) is 18.0 Å². The third-order valence-corrected chi connectivity index (χ3v) is 3.39. The van der Waals surface area contributed by atoms with Crippen molar-refractivity contribution in [1.29, 1.82) is 0 Å². The molecule has 0 saturated carbocycles. The number of rotatable bonds is 2. The molecule has 118 valence electrons. The number of halogens is 6. The molecular weight excluding hydrogens is 367 g/mol. The van der Waals surface area contributed by atoms with Crippen LogP contribution in [-0.2, 0) is 10.9 Å². The number of aromatic nitrogens is 2. The third kappa shape index (κ3) is 3.16. The zero-order valence-electron chi connectivity index (χ0n) is 10.7. The molecule has 0 aliphatic carbocycles. The highest BCUT2D eigenvalue weighted by atomic mass is 35.5.